The van der Waals surface area contributed by atoms with Gasteiger partial charge >= 0.3 is 0 Å². The normalized spacial score (nSPS) is 15.4. The summed E-state index contributed by atoms with van der Waals surface area (Å²) in [6.45, 7) is 1.54. The molecule has 25 heavy (non-hydrogen) atoms. The fourth-order valence-electron chi connectivity index (χ4n) is 3.51. The van der Waals surface area contributed by atoms with E-state index in [4.69, 9.17) is 9.47 Å². The van der Waals surface area contributed by atoms with E-state index >= 15 is 0 Å². The van der Waals surface area contributed by atoms with E-state index < -0.39 is 0 Å². The molecule has 2 aromatic heterocycles. The molecule has 0 saturated heterocycles. The second-order valence-electron chi connectivity index (χ2n) is 6.32. The van der Waals surface area contributed by atoms with Crippen molar-refractivity contribution in [3.8, 4) is 11.5 Å². The van der Waals surface area contributed by atoms with Gasteiger partial charge in [-0.3, -0.25) is 9.89 Å². The van der Waals surface area contributed by atoms with Crippen LogP contribution in [0.25, 0.3) is 11.0 Å². The van der Waals surface area contributed by atoms with Crippen molar-refractivity contribution in [3.05, 3.63) is 47.3 Å². The highest BCUT2D eigenvalue weighted by atomic mass is 16.7. The molecule has 0 atom stereocenters. The molecule has 7 heteroatoms. The van der Waals surface area contributed by atoms with Crippen LogP contribution in [-0.4, -0.2) is 39.3 Å². The lowest BCUT2D eigenvalue weighted by Crippen LogP contribution is -2.37. The first-order valence-corrected chi connectivity index (χ1v) is 8.24. The fraction of sp³-hybridized carbons (Fsp3) is 0.278. The minimum Gasteiger partial charge on any atom is -0.454 e. The number of amides is 1. The van der Waals surface area contributed by atoms with Crippen LogP contribution in [0.5, 0.6) is 11.5 Å². The first-order chi connectivity index (χ1) is 12.3. The van der Waals surface area contributed by atoms with Gasteiger partial charge in [-0.2, -0.15) is 5.10 Å². The molecule has 2 aliphatic rings. The van der Waals surface area contributed by atoms with E-state index in [1.54, 1.807) is 0 Å². The first-order valence-electron chi connectivity index (χ1n) is 8.24. The first kappa shape index (κ1) is 14.3. The lowest BCUT2D eigenvalue weighted by Gasteiger charge is -2.29. The number of hydrogen-bond donors (Lipinski definition) is 1. The predicted molar refractivity (Wildman–Crippen MR) is 89.3 cm³/mol. The van der Waals surface area contributed by atoms with E-state index in [-0.39, 0.29) is 12.7 Å². The molecule has 4 heterocycles. The minimum absolute atomic E-state index is 0.108. The molecule has 1 N–H and O–H groups in total. The van der Waals surface area contributed by atoms with Gasteiger partial charge in [0.1, 0.15) is 0 Å². The molecule has 1 amide bonds. The van der Waals surface area contributed by atoms with Crippen LogP contribution in [-0.2, 0) is 24.2 Å². The third-order valence-electron chi connectivity index (χ3n) is 4.82. The summed E-state index contributed by atoms with van der Waals surface area (Å²) in [6, 6.07) is 5.66. The predicted octanol–water partition coefficient (Wildman–Crippen LogP) is 1.81. The summed E-state index contributed by atoms with van der Waals surface area (Å²) in [5.74, 6) is 1.55. The number of pyridine rings is 1. The quantitative estimate of drug-likeness (QED) is 0.772. The number of rotatable bonds is 2. The Morgan fingerprint density at radius 1 is 1.24 bits per heavy atom. The Kier molecular flexibility index (Phi) is 3.12. The average Bonchev–Trinajstić information content (AvgIpc) is 3.29. The molecule has 0 bridgehead atoms. The van der Waals surface area contributed by atoms with Crippen molar-refractivity contribution in [2.45, 2.75) is 19.4 Å². The van der Waals surface area contributed by atoms with Crippen LogP contribution in [0.15, 0.2) is 30.6 Å². The van der Waals surface area contributed by atoms with Crippen molar-refractivity contribution in [1.82, 2.24) is 20.1 Å². The second kappa shape index (κ2) is 5.47. The van der Waals surface area contributed by atoms with Gasteiger partial charge in [0.15, 0.2) is 17.1 Å². The Bertz CT molecular complexity index is 982. The largest absolute Gasteiger partial charge is 0.454 e. The molecule has 7 nitrogen and oxygen atoms in total. The van der Waals surface area contributed by atoms with Crippen molar-refractivity contribution in [1.29, 1.82) is 0 Å². The number of H-pyrrole nitrogens is 1. The van der Waals surface area contributed by atoms with Crippen LogP contribution in [0.1, 0.15) is 16.7 Å². The number of nitrogens with zero attached hydrogens (tertiary/aromatic N) is 3. The summed E-state index contributed by atoms with van der Waals surface area (Å²) in [7, 11) is 0. The zero-order chi connectivity index (χ0) is 16.8. The fourth-order valence-corrected chi connectivity index (χ4v) is 3.51. The van der Waals surface area contributed by atoms with Gasteiger partial charge in [0.25, 0.3) is 0 Å². The smallest absolute Gasteiger partial charge is 0.231 e. The van der Waals surface area contributed by atoms with E-state index in [2.05, 4.69) is 15.2 Å². The highest BCUT2D eigenvalue weighted by Gasteiger charge is 2.23. The van der Waals surface area contributed by atoms with Gasteiger partial charge in [0, 0.05) is 24.7 Å². The van der Waals surface area contributed by atoms with Crippen molar-refractivity contribution in [2.75, 3.05) is 13.3 Å². The lowest BCUT2D eigenvalue weighted by atomic mass is 9.98. The van der Waals surface area contributed by atoms with Crippen LogP contribution in [0.3, 0.4) is 0 Å². The van der Waals surface area contributed by atoms with Crippen molar-refractivity contribution in [3.63, 3.8) is 0 Å². The highest BCUT2D eigenvalue weighted by Crippen LogP contribution is 2.33. The Morgan fingerprint density at radius 3 is 3.12 bits per heavy atom. The monoisotopic (exact) mass is 336 g/mol. The Hall–Kier alpha value is -3.09. The number of carbonyl (C=O) groups excluding carboxylic acids is 1. The number of benzene rings is 1. The summed E-state index contributed by atoms with van der Waals surface area (Å²) >= 11 is 0. The summed E-state index contributed by atoms with van der Waals surface area (Å²) < 4.78 is 10.7. The summed E-state index contributed by atoms with van der Waals surface area (Å²) in [5.41, 5.74) is 4.08. The van der Waals surface area contributed by atoms with Crippen molar-refractivity contribution < 1.29 is 14.3 Å². The van der Waals surface area contributed by atoms with Gasteiger partial charge in [0.05, 0.1) is 12.6 Å². The standard InChI is InChI=1S/C18H16N4O3/c23-17(6-11-1-2-15-16(5-11)25-10-24-15)22-4-3-13-12(9-22)7-19-18-14(13)8-20-21-18/h1-2,5,7-8H,3-4,6,9-10H2,(H,19,20,21). The summed E-state index contributed by atoms with van der Waals surface area (Å²) in [5, 5.41) is 8.01. The Balaban J connectivity index is 1.35. The van der Waals surface area contributed by atoms with Crippen LogP contribution < -0.4 is 9.47 Å². The van der Waals surface area contributed by atoms with Gasteiger partial charge in [-0.05, 0) is 35.2 Å². The van der Waals surface area contributed by atoms with E-state index in [0.717, 1.165) is 34.3 Å². The highest BCUT2D eigenvalue weighted by molar-refractivity contribution is 5.82. The van der Waals surface area contributed by atoms with Gasteiger partial charge in [-0.15, -0.1) is 0 Å². The maximum atomic E-state index is 12.7. The molecule has 3 aromatic rings. The Labute approximate surface area is 143 Å². The molecular formula is C18H16N4O3. The molecule has 5 rings (SSSR count). The topological polar surface area (TPSA) is 80.3 Å². The lowest BCUT2D eigenvalue weighted by molar-refractivity contribution is -0.131. The van der Waals surface area contributed by atoms with Crippen molar-refractivity contribution in [2.24, 2.45) is 0 Å². The molecule has 0 spiro atoms. The number of nitrogens with one attached hydrogen (secondary N) is 1. The molecule has 126 valence electrons. The number of carbonyl (C=O) groups is 1. The molecule has 2 aliphatic heterocycles. The van der Waals surface area contributed by atoms with Crippen LogP contribution in [0, 0.1) is 0 Å². The molecule has 0 radical (unpaired) electrons. The van der Waals surface area contributed by atoms with E-state index in [1.165, 1.54) is 5.56 Å². The number of fused-ring (bicyclic) bond motifs is 4. The molecule has 0 unspecified atom stereocenters. The number of aromatic amines is 1. The zero-order valence-electron chi connectivity index (χ0n) is 13.5. The molecule has 1 aromatic carbocycles. The minimum atomic E-state index is 0.108. The average molecular weight is 336 g/mol. The second-order valence-corrected chi connectivity index (χ2v) is 6.32. The number of ether oxygens (including phenoxy) is 2. The molecule has 0 fully saturated rings. The van der Waals surface area contributed by atoms with E-state index in [0.29, 0.717) is 25.3 Å². The Morgan fingerprint density at radius 2 is 2.16 bits per heavy atom. The van der Waals surface area contributed by atoms with Crippen LogP contribution in [0.4, 0.5) is 0 Å². The van der Waals surface area contributed by atoms with Crippen molar-refractivity contribution >= 4 is 16.9 Å². The summed E-state index contributed by atoms with van der Waals surface area (Å²) in [4.78, 5) is 19.0. The molecule has 0 saturated carbocycles. The summed E-state index contributed by atoms with van der Waals surface area (Å²) in [6.07, 6.45) is 4.83. The van der Waals surface area contributed by atoms with E-state index in [1.807, 2.05) is 35.5 Å². The van der Waals surface area contributed by atoms with Crippen LogP contribution >= 0.6 is 0 Å². The maximum Gasteiger partial charge on any atom is 0.231 e. The number of aromatic nitrogens is 3. The third kappa shape index (κ3) is 2.39. The van der Waals surface area contributed by atoms with Gasteiger partial charge < -0.3 is 14.4 Å². The molecular weight excluding hydrogens is 320 g/mol. The van der Waals surface area contributed by atoms with Crippen LogP contribution in [0.2, 0.25) is 0 Å². The van der Waals surface area contributed by atoms with Gasteiger partial charge in [0.2, 0.25) is 12.7 Å². The SMILES string of the molecule is O=C(Cc1ccc2c(c1)OCO2)N1CCc2c(cnc3[nH]ncc23)C1. The number of hydrogen-bond acceptors (Lipinski definition) is 5. The molecule has 0 aliphatic carbocycles. The zero-order valence-corrected chi connectivity index (χ0v) is 13.5. The van der Waals surface area contributed by atoms with Gasteiger partial charge in [-0.25, -0.2) is 4.98 Å². The third-order valence-corrected chi connectivity index (χ3v) is 4.82. The maximum absolute atomic E-state index is 12.7. The van der Waals surface area contributed by atoms with Gasteiger partial charge in [-0.1, -0.05) is 6.07 Å². The van der Waals surface area contributed by atoms with E-state index in [9.17, 15) is 4.79 Å².